The van der Waals surface area contributed by atoms with Gasteiger partial charge in [-0.1, -0.05) is 12.8 Å². The Labute approximate surface area is 191 Å². The number of hydrogen-bond donors (Lipinski definition) is 2. The van der Waals surface area contributed by atoms with E-state index in [0.717, 1.165) is 83.3 Å². The number of amides is 1. The van der Waals surface area contributed by atoms with Gasteiger partial charge in [0.25, 0.3) is 0 Å². The highest BCUT2D eigenvalue weighted by Gasteiger charge is 2.32. The van der Waals surface area contributed by atoms with Crippen molar-refractivity contribution >= 4 is 17.6 Å². The maximum atomic E-state index is 13.1. The predicted octanol–water partition coefficient (Wildman–Crippen LogP) is 1.90. The highest BCUT2D eigenvalue weighted by atomic mass is 19.1. The molecule has 1 unspecified atom stereocenters. The summed E-state index contributed by atoms with van der Waals surface area (Å²) in [6.07, 6.45) is 5.50. The number of guanidine groups is 1. The van der Waals surface area contributed by atoms with Crippen LogP contribution in [0.3, 0.4) is 0 Å². The van der Waals surface area contributed by atoms with Gasteiger partial charge in [0.2, 0.25) is 5.91 Å². The zero-order chi connectivity index (χ0) is 22.3. The number of rotatable bonds is 6. The number of anilines is 1. The Morgan fingerprint density at radius 3 is 2.47 bits per heavy atom. The van der Waals surface area contributed by atoms with E-state index in [9.17, 15) is 9.18 Å². The van der Waals surface area contributed by atoms with E-state index in [0.29, 0.717) is 5.91 Å². The first-order valence-corrected chi connectivity index (χ1v) is 12.1. The molecule has 8 heteroatoms. The Kier molecular flexibility index (Phi) is 7.84. The van der Waals surface area contributed by atoms with Gasteiger partial charge in [-0.15, -0.1) is 0 Å². The van der Waals surface area contributed by atoms with Crippen LogP contribution in [0.2, 0.25) is 0 Å². The van der Waals surface area contributed by atoms with Crippen molar-refractivity contribution in [3.63, 3.8) is 0 Å². The molecular formula is C24H37FN6O. The molecule has 3 fully saturated rings. The Hall–Kier alpha value is -2.35. The summed E-state index contributed by atoms with van der Waals surface area (Å²) in [6, 6.07) is 7.03. The minimum absolute atomic E-state index is 0.189. The summed E-state index contributed by atoms with van der Waals surface area (Å²) >= 11 is 0. The fourth-order valence-electron chi connectivity index (χ4n) is 5.11. The van der Waals surface area contributed by atoms with E-state index in [4.69, 9.17) is 0 Å². The van der Waals surface area contributed by atoms with Crippen LogP contribution >= 0.6 is 0 Å². The van der Waals surface area contributed by atoms with Crippen molar-refractivity contribution in [1.29, 1.82) is 0 Å². The lowest BCUT2D eigenvalue weighted by molar-refractivity contribution is -0.134. The second-order valence-corrected chi connectivity index (χ2v) is 9.20. The zero-order valence-electron chi connectivity index (χ0n) is 19.2. The molecule has 0 bridgehead atoms. The van der Waals surface area contributed by atoms with E-state index in [1.54, 1.807) is 7.05 Å². The van der Waals surface area contributed by atoms with Crippen molar-refractivity contribution in [2.24, 2.45) is 10.9 Å². The molecule has 2 N–H and O–H groups in total. The number of carbonyl (C=O) groups excluding carboxylic acids is 1. The summed E-state index contributed by atoms with van der Waals surface area (Å²) in [5.41, 5.74) is 1.09. The molecule has 0 spiro atoms. The molecule has 2 heterocycles. The number of nitrogens with zero attached hydrogens (tertiary/aromatic N) is 4. The van der Waals surface area contributed by atoms with Crippen LogP contribution in [0, 0.1) is 11.7 Å². The van der Waals surface area contributed by atoms with Crippen LogP contribution in [0.15, 0.2) is 29.3 Å². The third kappa shape index (κ3) is 5.91. The van der Waals surface area contributed by atoms with Gasteiger partial charge in [0.1, 0.15) is 5.82 Å². The average Bonchev–Trinajstić information content (AvgIpc) is 3.52. The summed E-state index contributed by atoms with van der Waals surface area (Å²) in [6.45, 7) is 7.29. The third-order valence-corrected chi connectivity index (χ3v) is 7.05. The molecule has 176 valence electrons. The van der Waals surface area contributed by atoms with Crippen molar-refractivity contribution in [2.75, 3.05) is 64.3 Å². The van der Waals surface area contributed by atoms with Crippen molar-refractivity contribution in [1.82, 2.24) is 20.4 Å². The molecule has 1 aromatic rings. The van der Waals surface area contributed by atoms with Gasteiger partial charge in [0, 0.05) is 77.1 Å². The molecule has 3 aliphatic rings. The molecule has 0 radical (unpaired) electrons. The van der Waals surface area contributed by atoms with E-state index < -0.39 is 0 Å². The van der Waals surface area contributed by atoms with Crippen LogP contribution in [0.1, 0.15) is 32.1 Å². The van der Waals surface area contributed by atoms with E-state index >= 15 is 0 Å². The molecule has 1 aliphatic carbocycles. The number of halogens is 1. The molecule has 4 rings (SSSR count). The smallest absolute Gasteiger partial charge is 0.225 e. The van der Waals surface area contributed by atoms with Crippen LogP contribution in [0.4, 0.5) is 10.1 Å². The molecule has 32 heavy (non-hydrogen) atoms. The van der Waals surface area contributed by atoms with Crippen LogP contribution in [0.25, 0.3) is 0 Å². The van der Waals surface area contributed by atoms with Crippen LogP contribution in [-0.2, 0) is 4.79 Å². The van der Waals surface area contributed by atoms with E-state index in [-0.39, 0.29) is 17.8 Å². The first-order valence-electron chi connectivity index (χ1n) is 12.1. The van der Waals surface area contributed by atoms with Gasteiger partial charge in [-0.2, -0.15) is 0 Å². The predicted molar refractivity (Wildman–Crippen MR) is 126 cm³/mol. The number of likely N-dealkylation sites (tertiary alicyclic amines) is 1. The van der Waals surface area contributed by atoms with Gasteiger partial charge in [-0.3, -0.25) is 14.7 Å². The summed E-state index contributed by atoms with van der Waals surface area (Å²) in [5, 5.41) is 6.93. The number of aliphatic imine (C=N–C) groups is 1. The number of nitrogens with one attached hydrogen (secondary N) is 2. The molecular weight excluding hydrogens is 407 g/mol. The minimum atomic E-state index is -0.189. The lowest BCUT2D eigenvalue weighted by Crippen LogP contribution is -2.50. The monoisotopic (exact) mass is 444 g/mol. The van der Waals surface area contributed by atoms with E-state index in [2.05, 4.69) is 25.4 Å². The highest BCUT2D eigenvalue weighted by Crippen LogP contribution is 2.27. The minimum Gasteiger partial charge on any atom is -0.369 e. The van der Waals surface area contributed by atoms with E-state index in [1.807, 2.05) is 17.0 Å². The van der Waals surface area contributed by atoms with Gasteiger partial charge in [0.15, 0.2) is 5.96 Å². The first-order chi connectivity index (χ1) is 15.6. The standard InChI is InChI=1S/C24H37FN6O/c1-26-24(28-21-10-12-31(18-21)23(32)19-4-2-3-5-19)27-11-13-29-14-16-30(17-15-29)22-8-6-20(25)7-9-22/h6-9,19,21H,2-5,10-18H2,1H3,(H2,26,27,28). The quantitative estimate of drug-likeness (QED) is 0.518. The molecule has 1 aromatic carbocycles. The maximum Gasteiger partial charge on any atom is 0.225 e. The number of piperazine rings is 1. The fourth-order valence-corrected chi connectivity index (χ4v) is 5.11. The maximum absolute atomic E-state index is 13.1. The molecule has 2 saturated heterocycles. The molecule has 1 atom stereocenters. The van der Waals surface area contributed by atoms with Gasteiger partial charge >= 0.3 is 0 Å². The zero-order valence-corrected chi connectivity index (χ0v) is 19.2. The number of carbonyl (C=O) groups is 1. The van der Waals surface area contributed by atoms with Gasteiger partial charge in [-0.05, 0) is 43.5 Å². The first kappa shape index (κ1) is 22.8. The normalized spacial score (nSPS) is 23.1. The summed E-state index contributed by atoms with van der Waals surface area (Å²) in [7, 11) is 1.80. The van der Waals surface area contributed by atoms with Crippen LogP contribution < -0.4 is 15.5 Å². The summed E-state index contributed by atoms with van der Waals surface area (Å²) in [4.78, 5) is 23.8. The van der Waals surface area contributed by atoms with Crippen molar-refractivity contribution in [3.8, 4) is 0 Å². The molecule has 1 saturated carbocycles. The Balaban J connectivity index is 1.13. The van der Waals surface area contributed by atoms with Gasteiger partial charge < -0.3 is 20.4 Å². The number of benzene rings is 1. The second kappa shape index (κ2) is 11.0. The average molecular weight is 445 g/mol. The largest absolute Gasteiger partial charge is 0.369 e. The van der Waals surface area contributed by atoms with Crippen LogP contribution in [0.5, 0.6) is 0 Å². The molecule has 0 aromatic heterocycles. The molecule has 2 aliphatic heterocycles. The third-order valence-electron chi connectivity index (χ3n) is 7.05. The van der Waals surface area contributed by atoms with Crippen molar-refractivity contribution in [3.05, 3.63) is 30.1 Å². The lowest BCUT2D eigenvalue weighted by Gasteiger charge is -2.36. The second-order valence-electron chi connectivity index (χ2n) is 9.20. The van der Waals surface area contributed by atoms with Crippen molar-refractivity contribution in [2.45, 2.75) is 38.1 Å². The Bertz CT molecular complexity index is 771. The molecule has 1 amide bonds. The summed E-state index contributed by atoms with van der Waals surface area (Å²) in [5.74, 6) is 1.24. The SMILES string of the molecule is CN=C(NCCN1CCN(c2ccc(F)cc2)CC1)NC1CCN(C(=O)C2CCCC2)C1. The number of hydrogen-bond acceptors (Lipinski definition) is 4. The van der Waals surface area contributed by atoms with Gasteiger partial charge in [0.05, 0.1) is 0 Å². The van der Waals surface area contributed by atoms with Gasteiger partial charge in [-0.25, -0.2) is 4.39 Å². The van der Waals surface area contributed by atoms with Crippen LogP contribution in [-0.4, -0.2) is 87.1 Å². The fraction of sp³-hybridized carbons (Fsp3) is 0.667. The highest BCUT2D eigenvalue weighted by molar-refractivity contribution is 5.81. The molecule has 7 nitrogen and oxygen atoms in total. The van der Waals surface area contributed by atoms with E-state index in [1.165, 1.54) is 25.0 Å². The lowest BCUT2D eigenvalue weighted by atomic mass is 10.1. The Morgan fingerprint density at radius 1 is 1.06 bits per heavy atom. The Morgan fingerprint density at radius 2 is 1.78 bits per heavy atom. The summed E-state index contributed by atoms with van der Waals surface area (Å²) < 4.78 is 13.1. The topological polar surface area (TPSA) is 63.2 Å². The van der Waals surface area contributed by atoms with Crippen molar-refractivity contribution < 1.29 is 9.18 Å².